The van der Waals surface area contributed by atoms with E-state index in [1.54, 1.807) is 0 Å². The van der Waals surface area contributed by atoms with Crippen LogP contribution in [0.25, 0.3) is 5.57 Å². The molecule has 2 bridgehead atoms. The van der Waals surface area contributed by atoms with Crippen LogP contribution in [0, 0.1) is 13.8 Å². The van der Waals surface area contributed by atoms with Gasteiger partial charge in [0, 0.05) is 6.20 Å². The number of hydrogen-bond donors (Lipinski definition) is 0. The highest BCUT2D eigenvalue weighted by Crippen LogP contribution is 2.34. The lowest BCUT2D eigenvalue weighted by atomic mass is 9.90. The van der Waals surface area contributed by atoms with Crippen LogP contribution in [0.2, 0.25) is 0 Å². The van der Waals surface area contributed by atoms with Gasteiger partial charge < -0.3 is 9.47 Å². The molecule has 3 rings (SSSR count). The van der Waals surface area contributed by atoms with Crippen molar-refractivity contribution < 1.29 is 14.3 Å². The molecule has 0 aliphatic carbocycles. The van der Waals surface area contributed by atoms with Crippen molar-refractivity contribution >= 4 is 11.7 Å². The number of carbonyl (C=O) groups excluding carboxylic acids is 1. The lowest BCUT2D eigenvalue weighted by Gasteiger charge is -2.44. The fourth-order valence-electron chi connectivity index (χ4n) is 3.42. The first-order valence-corrected chi connectivity index (χ1v) is 8.48. The monoisotopic (exact) mass is 330 g/mol. The molecular weight excluding hydrogens is 304 g/mol. The molecule has 1 aromatic heterocycles. The van der Waals surface area contributed by atoms with Crippen LogP contribution < -0.4 is 0 Å². The lowest BCUT2D eigenvalue weighted by Crippen LogP contribution is -2.57. The molecule has 5 heteroatoms. The number of nitrogens with zero attached hydrogens (tertiary/aromatic N) is 2. The Morgan fingerprint density at radius 1 is 1.33 bits per heavy atom. The van der Waals surface area contributed by atoms with Crippen LogP contribution in [-0.2, 0) is 9.47 Å². The first kappa shape index (κ1) is 17.0. The summed E-state index contributed by atoms with van der Waals surface area (Å²) in [5.74, 6) is 0. The van der Waals surface area contributed by atoms with E-state index < -0.39 is 5.60 Å². The standard InChI is InChI=1S/C19H26N2O3/c1-12-6-13(2)17(20-9-12)14-7-15-10-23-11-16(8-14)21(15)18(22)24-19(3,4)5/h6-7,9,15-16H,8,10-11H2,1-5H3. The van der Waals surface area contributed by atoms with Gasteiger partial charge in [-0.2, -0.15) is 0 Å². The molecule has 0 N–H and O–H groups in total. The van der Waals surface area contributed by atoms with Crippen molar-refractivity contribution in [1.29, 1.82) is 0 Å². The third-order valence-corrected chi connectivity index (χ3v) is 4.32. The van der Waals surface area contributed by atoms with E-state index in [1.165, 1.54) is 11.1 Å². The lowest BCUT2D eigenvalue weighted by molar-refractivity contribution is -0.0511. The maximum absolute atomic E-state index is 12.6. The Balaban J connectivity index is 1.88. The van der Waals surface area contributed by atoms with Gasteiger partial charge in [-0.1, -0.05) is 12.1 Å². The van der Waals surface area contributed by atoms with E-state index in [2.05, 4.69) is 24.1 Å². The molecule has 1 aromatic rings. The highest BCUT2D eigenvalue weighted by atomic mass is 16.6. The third-order valence-electron chi connectivity index (χ3n) is 4.32. The number of aromatic nitrogens is 1. The van der Waals surface area contributed by atoms with Gasteiger partial charge in [0.15, 0.2) is 0 Å². The number of morpholine rings is 1. The van der Waals surface area contributed by atoms with Crippen molar-refractivity contribution in [1.82, 2.24) is 9.88 Å². The molecule has 2 aliphatic heterocycles. The fourth-order valence-corrected chi connectivity index (χ4v) is 3.42. The summed E-state index contributed by atoms with van der Waals surface area (Å²) in [6.45, 7) is 10.8. The molecule has 24 heavy (non-hydrogen) atoms. The number of rotatable bonds is 1. The van der Waals surface area contributed by atoms with E-state index in [0.29, 0.717) is 13.2 Å². The second kappa shape index (κ2) is 6.20. The van der Waals surface area contributed by atoms with Crippen molar-refractivity contribution in [3.8, 4) is 0 Å². The van der Waals surface area contributed by atoms with Gasteiger partial charge in [0.05, 0.1) is 31.0 Å². The molecule has 0 spiro atoms. The molecule has 1 fully saturated rings. The molecule has 0 saturated carbocycles. The van der Waals surface area contributed by atoms with E-state index in [1.807, 2.05) is 38.8 Å². The van der Waals surface area contributed by atoms with Crippen molar-refractivity contribution in [3.05, 3.63) is 35.2 Å². The summed E-state index contributed by atoms with van der Waals surface area (Å²) < 4.78 is 11.2. The van der Waals surface area contributed by atoms with Crippen LogP contribution >= 0.6 is 0 Å². The van der Waals surface area contributed by atoms with Gasteiger partial charge in [-0.3, -0.25) is 9.88 Å². The summed E-state index contributed by atoms with van der Waals surface area (Å²) >= 11 is 0. The highest BCUT2D eigenvalue weighted by molar-refractivity contribution is 5.74. The zero-order valence-electron chi connectivity index (χ0n) is 15.1. The van der Waals surface area contributed by atoms with Crippen LogP contribution in [0.3, 0.4) is 0 Å². The molecule has 5 nitrogen and oxygen atoms in total. The minimum Gasteiger partial charge on any atom is -0.444 e. The maximum atomic E-state index is 12.6. The molecule has 0 radical (unpaired) electrons. The number of pyridine rings is 1. The van der Waals surface area contributed by atoms with Gasteiger partial charge in [-0.05, 0) is 57.7 Å². The quantitative estimate of drug-likeness (QED) is 0.791. The average molecular weight is 330 g/mol. The number of hydrogen-bond acceptors (Lipinski definition) is 4. The second-order valence-corrected chi connectivity index (χ2v) is 7.72. The van der Waals surface area contributed by atoms with Crippen molar-refractivity contribution in [2.75, 3.05) is 13.2 Å². The van der Waals surface area contributed by atoms with Gasteiger partial charge in [-0.25, -0.2) is 4.79 Å². The Bertz CT molecular complexity index is 676. The van der Waals surface area contributed by atoms with Gasteiger partial charge in [-0.15, -0.1) is 0 Å². The molecular formula is C19H26N2O3. The minimum atomic E-state index is -0.495. The zero-order valence-corrected chi connectivity index (χ0v) is 15.1. The molecule has 0 aromatic carbocycles. The van der Waals surface area contributed by atoms with Gasteiger partial charge in [0.2, 0.25) is 0 Å². The summed E-state index contributed by atoms with van der Waals surface area (Å²) in [5, 5.41) is 0. The van der Waals surface area contributed by atoms with E-state index >= 15 is 0 Å². The van der Waals surface area contributed by atoms with Gasteiger partial charge in [0.25, 0.3) is 0 Å². The van der Waals surface area contributed by atoms with Crippen molar-refractivity contribution in [2.45, 2.75) is 58.7 Å². The molecule has 2 unspecified atom stereocenters. The Kier molecular flexibility index (Phi) is 4.38. The summed E-state index contributed by atoms with van der Waals surface area (Å²) in [4.78, 5) is 19.0. The van der Waals surface area contributed by atoms with Crippen LogP contribution in [0.15, 0.2) is 18.3 Å². The van der Waals surface area contributed by atoms with Gasteiger partial charge in [0.1, 0.15) is 5.60 Å². The van der Waals surface area contributed by atoms with Crippen LogP contribution in [-0.4, -0.2) is 46.9 Å². The fraction of sp³-hybridized carbons (Fsp3) is 0.579. The third kappa shape index (κ3) is 3.46. The second-order valence-electron chi connectivity index (χ2n) is 7.72. The Morgan fingerprint density at radius 2 is 2.08 bits per heavy atom. The number of ether oxygens (including phenoxy) is 2. The van der Waals surface area contributed by atoms with Crippen LogP contribution in [0.1, 0.15) is 44.0 Å². The van der Waals surface area contributed by atoms with E-state index in [0.717, 1.165) is 17.7 Å². The smallest absolute Gasteiger partial charge is 0.411 e. The Morgan fingerprint density at radius 3 is 2.71 bits per heavy atom. The predicted octanol–water partition coefficient (Wildman–Crippen LogP) is 3.49. The minimum absolute atomic E-state index is 0.00102. The summed E-state index contributed by atoms with van der Waals surface area (Å²) in [7, 11) is 0. The molecule has 2 atom stereocenters. The largest absolute Gasteiger partial charge is 0.444 e. The Labute approximate surface area is 143 Å². The summed E-state index contributed by atoms with van der Waals surface area (Å²) in [5.41, 5.74) is 4.06. The van der Waals surface area contributed by atoms with Crippen molar-refractivity contribution in [2.24, 2.45) is 0 Å². The first-order valence-electron chi connectivity index (χ1n) is 8.48. The van der Waals surface area contributed by atoms with E-state index in [9.17, 15) is 4.79 Å². The molecule has 1 amide bonds. The summed E-state index contributed by atoms with van der Waals surface area (Å²) in [6.07, 6.45) is 4.50. The maximum Gasteiger partial charge on any atom is 0.411 e. The number of aryl methyl sites for hydroxylation is 2. The normalized spacial score (nSPS) is 23.7. The Hall–Kier alpha value is -1.88. The van der Waals surface area contributed by atoms with Crippen molar-refractivity contribution in [3.63, 3.8) is 0 Å². The van der Waals surface area contributed by atoms with Crippen LogP contribution in [0.5, 0.6) is 0 Å². The molecule has 130 valence electrons. The topological polar surface area (TPSA) is 51.7 Å². The number of amides is 1. The first-order chi connectivity index (χ1) is 11.2. The van der Waals surface area contributed by atoms with E-state index in [-0.39, 0.29) is 18.2 Å². The summed E-state index contributed by atoms with van der Waals surface area (Å²) in [6, 6.07) is 2.06. The SMILES string of the molecule is Cc1cnc(C2=CC3COCC(C2)N3C(=O)OC(C)(C)C)c(C)c1. The van der Waals surface area contributed by atoms with Crippen LogP contribution in [0.4, 0.5) is 4.79 Å². The van der Waals surface area contributed by atoms with E-state index in [4.69, 9.17) is 9.47 Å². The average Bonchev–Trinajstić information content (AvgIpc) is 2.44. The molecule has 1 saturated heterocycles. The molecule has 2 aliphatic rings. The zero-order chi connectivity index (χ0) is 17.5. The number of fused-ring (bicyclic) bond motifs is 2. The molecule has 3 heterocycles. The number of carbonyl (C=O) groups is 1. The predicted molar refractivity (Wildman–Crippen MR) is 92.8 cm³/mol. The van der Waals surface area contributed by atoms with Gasteiger partial charge >= 0.3 is 6.09 Å². The highest BCUT2D eigenvalue weighted by Gasteiger charge is 2.40.